The molecule has 0 amide bonds. The van der Waals surface area contributed by atoms with Gasteiger partial charge < -0.3 is 5.32 Å². The molecular formula is C12H17N3O. The molecule has 0 aliphatic heterocycles. The minimum atomic E-state index is -0.00574. The second-order valence-electron chi connectivity index (χ2n) is 4.82. The lowest BCUT2D eigenvalue weighted by Crippen LogP contribution is -2.27. The maximum Gasteiger partial charge on any atom is 0.268 e. The van der Waals surface area contributed by atoms with Crippen molar-refractivity contribution in [1.29, 1.82) is 0 Å². The molecule has 1 heterocycles. The Labute approximate surface area is 94.5 Å². The number of rotatable bonds is 3. The summed E-state index contributed by atoms with van der Waals surface area (Å²) >= 11 is 0. The molecule has 1 aromatic rings. The SMILES string of the molecule is O=c1[nH]nc2c(c1CNC1CC1)CCCC2. The van der Waals surface area contributed by atoms with Crippen LogP contribution in [0.2, 0.25) is 0 Å². The number of aromatic nitrogens is 2. The Morgan fingerprint density at radius 2 is 2.12 bits per heavy atom. The van der Waals surface area contributed by atoms with E-state index in [0.29, 0.717) is 12.6 Å². The molecule has 0 unspecified atom stereocenters. The number of hydrogen-bond donors (Lipinski definition) is 2. The van der Waals surface area contributed by atoms with E-state index in [9.17, 15) is 4.79 Å². The van der Waals surface area contributed by atoms with Crippen molar-refractivity contribution in [2.75, 3.05) is 0 Å². The van der Waals surface area contributed by atoms with Crippen LogP contribution >= 0.6 is 0 Å². The van der Waals surface area contributed by atoms with Crippen molar-refractivity contribution >= 4 is 0 Å². The van der Waals surface area contributed by atoms with E-state index in [1.165, 1.54) is 31.2 Å². The van der Waals surface area contributed by atoms with E-state index in [1.807, 2.05) is 0 Å². The van der Waals surface area contributed by atoms with Crippen LogP contribution in [0.25, 0.3) is 0 Å². The predicted molar refractivity (Wildman–Crippen MR) is 61.4 cm³/mol. The minimum Gasteiger partial charge on any atom is -0.310 e. The lowest BCUT2D eigenvalue weighted by molar-refractivity contribution is 0.617. The van der Waals surface area contributed by atoms with E-state index in [-0.39, 0.29) is 5.56 Å². The fourth-order valence-electron chi connectivity index (χ4n) is 2.38. The van der Waals surface area contributed by atoms with Gasteiger partial charge in [-0.3, -0.25) is 4.79 Å². The second-order valence-corrected chi connectivity index (χ2v) is 4.82. The molecule has 0 bridgehead atoms. The van der Waals surface area contributed by atoms with Crippen LogP contribution in [0.4, 0.5) is 0 Å². The van der Waals surface area contributed by atoms with Gasteiger partial charge in [0.15, 0.2) is 0 Å². The van der Waals surface area contributed by atoms with Crippen molar-refractivity contribution in [3.8, 4) is 0 Å². The summed E-state index contributed by atoms with van der Waals surface area (Å²) in [7, 11) is 0. The van der Waals surface area contributed by atoms with Crippen LogP contribution in [0.1, 0.15) is 42.5 Å². The summed E-state index contributed by atoms with van der Waals surface area (Å²) < 4.78 is 0. The average molecular weight is 219 g/mol. The Kier molecular flexibility index (Phi) is 2.52. The smallest absolute Gasteiger partial charge is 0.268 e. The number of H-pyrrole nitrogens is 1. The second kappa shape index (κ2) is 4.01. The van der Waals surface area contributed by atoms with Gasteiger partial charge in [0, 0.05) is 18.2 Å². The molecule has 1 fully saturated rings. The summed E-state index contributed by atoms with van der Waals surface area (Å²) in [5, 5.41) is 10.2. The largest absolute Gasteiger partial charge is 0.310 e. The number of fused-ring (bicyclic) bond motifs is 1. The van der Waals surface area contributed by atoms with Gasteiger partial charge in [-0.05, 0) is 44.1 Å². The Bertz CT molecular complexity index is 448. The summed E-state index contributed by atoms with van der Waals surface area (Å²) in [5.41, 5.74) is 3.24. The number of nitrogens with zero attached hydrogens (tertiary/aromatic N) is 1. The molecule has 2 N–H and O–H groups in total. The van der Waals surface area contributed by atoms with Crippen LogP contribution in [-0.4, -0.2) is 16.2 Å². The summed E-state index contributed by atoms with van der Waals surface area (Å²) in [4.78, 5) is 11.8. The fourth-order valence-corrected chi connectivity index (χ4v) is 2.38. The summed E-state index contributed by atoms with van der Waals surface area (Å²) in [6.45, 7) is 0.713. The van der Waals surface area contributed by atoms with Gasteiger partial charge in [0.1, 0.15) is 0 Å². The molecule has 4 nitrogen and oxygen atoms in total. The van der Waals surface area contributed by atoms with Crippen LogP contribution in [0, 0.1) is 0 Å². The van der Waals surface area contributed by atoms with Gasteiger partial charge in [-0.25, -0.2) is 5.10 Å². The first kappa shape index (κ1) is 10.0. The van der Waals surface area contributed by atoms with Gasteiger partial charge in [-0.2, -0.15) is 5.10 Å². The first-order valence-corrected chi connectivity index (χ1v) is 6.17. The highest BCUT2D eigenvalue weighted by molar-refractivity contribution is 5.30. The third-order valence-electron chi connectivity index (χ3n) is 3.51. The average Bonchev–Trinajstić information content (AvgIpc) is 3.12. The van der Waals surface area contributed by atoms with E-state index in [1.54, 1.807) is 0 Å². The van der Waals surface area contributed by atoms with Crippen LogP contribution in [0.3, 0.4) is 0 Å². The molecule has 0 aromatic carbocycles. The van der Waals surface area contributed by atoms with Crippen molar-refractivity contribution in [1.82, 2.24) is 15.5 Å². The molecule has 2 aliphatic carbocycles. The van der Waals surface area contributed by atoms with Crippen molar-refractivity contribution in [3.05, 3.63) is 27.2 Å². The Morgan fingerprint density at radius 3 is 2.94 bits per heavy atom. The summed E-state index contributed by atoms with van der Waals surface area (Å²) in [6.07, 6.45) is 6.93. The van der Waals surface area contributed by atoms with Crippen LogP contribution in [-0.2, 0) is 19.4 Å². The molecule has 0 spiro atoms. The first-order valence-electron chi connectivity index (χ1n) is 6.17. The van der Waals surface area contributed by atoms with E-state index in [4.69, 9.17) is 0 Å². The minimum absolute atomic E-state index is 0.00574. The van der Waals surface area contributed by atoms with E-state index >= 15 is 0 Å². The van der Waals surface area contributed by atoms with Gasteiger partial charge in [0.05, 0.1) is 5.69 Å². The Morgan fingerprint density at radius 1 is 1.31 bits per heavy atom. The third-order valence-corrected chi connectivity index (χ3v) is 3.51. The van der Waals surface area contributed by atoms with E-state index in [0.717, 1.165) is 24.1 Å². The van der Waals surface area contributed by atoms with E-state index in [2.05, 4.69) is 15.5 Å². The molecule has 0 radical (unpaired) electrons. The van der Waals surface area contributed by atoms with Gasteiger partial charge in [0.25, 0.3) is 5.56 Å². The Hall–Kier alpha value is -1.16. The molecular weight excluding hydrogens is 202 g/mol. The van der Waals surface area contributed by atoms with Gasteiger partial charge in [-0.15, -0.1) is 0 Å². The third kappa shape index (κ3) is 1.89. The molecule has 16 heavy (non-hydrogen) atoms. The van der Waals surface area contributed by atoms with Crippen molar-refractivity contribution in [3.63, 3.8) is 0 Å². The highest BCUT2D eigenvalue weighted by Crippen LogP contribution is 2.22. The van der Waals surface area contributed by atoms with Gasteiger partial charge >= 0.3 is 0 Å². The maximum atomic E-state index is 11.8. The van der Waals surface area contributed by atoms with Crippen LogP contribution in [0.15, 0.2) is 4.79 Å². The number of hydrogen-bond acceptors (Lipinski definition) is 3. The Balaban J connectivity index is 1.90. The van der Waals surface area contributed by atoms with Crippen molar-refractivity contribution < 1.29 is 0 Å². The molecule has 1 aromatic heterocycles. The molecule has 86 valence electrons. The van der Waals surface area contributed by atoms with Crippen molar-refractivity contribution in [2.24, 2.45) is 0 Å². The summed E-state index contributed by atoms with van der Waals surface area (Å²) in [5.74, 6) is 0. The molecule has 4 heteroatoms. The predicted octanol–water partition coefficient (Wildman–Crippen LogP) is 0.901. The number of nitrogens with one attached hydrogen (secondary N) is 2. The molecule has 2 aliphatic rings. The van der Waals surface area contributed by atoms with Gasteiger partial charge in [0.2, 0.25) is 0 Å². The first-order chi connectivity index (χ1) is 7.84. The highest BCUT2D eigenvalue weighted by Gasteiger charge is 2.23. The maximum absolute atomic E-state index is 11.8. The molecule has 1 saturated carbocycles. The quantitative estimate of drug-likeness (QED) is 0.794. The van der Waals surface area contributed by atoms with Gasteiger partial charge in [-0.1, -0.05) is 0 Å². The molecule has 3 rings (SSSR count). The number of aryl methyl sites for hydroxylation is 1. The lowest BCUT2D eigenvalue weighted by Gasteiger charge is -2.17. The summed E-state index contributed by atoms with van der Waals surface area (Å²) in [6, 6.07) is 0.645. The lowest BCUT2D eigenvalue weighted by atomic mass is 9.93. The topological polar surface area (TPSA) is 57.8 Å². The molecule has 0 saturated heterocycles. The zero-order chi connectivity index (χ0) is 11.0. The molecule has 0 atom stereocenters. The van der Waals surface area contributed by atoms with E-state index < -0.39 is 0 Å². The standard InChI is InChI=1S/C12H17N3O/c16-12-10(7-13-8-5-6-8)9-3-1-2-4-11(9)14-15-12/h8,13H,1-7H2,(H,15,16). The van der Waals surface area contributed by atoms with Crippen LogP contribution < -0.4 is 10.9 Å². The monoisotopic (exact) mass is 219 g/mol. The zero-order valence-electron chi connectivity index (χ0n) is 9.38. The number of aromatic amines is 1. The zero-order valence-corrected chi connectivity index (χ0v) is 9.38. The normalized spacial score (nSPS) is 19.5. The highest BCUT2D eigenvalue weighted by atomic mass is 16.1. The van der Waals surface area contributed by atoms with Crippen molar-refractivity contribution in [2.45, 2.75) is 51.1 Å². The van der Waals surface area contributed by atoms with Crippen LogP contribution in [0.5, 0.6) is 0 Å². The fraction of sp³-hybridized carbons (Fsp3) is 0.667.